The van der Waals surface area contributed by atoms with Gasteiger partial charge in [0.15, 0.2) is 5.13 Å². The van der Waals surface area contributed by atoms with Crippen LogP contribution < -0.4 is 10.2 Å². The Hall–Kier alpha value is -2.52. The molecule has 0 aliphatic carbocycles. The molecule has 0 saturated heterocycles. The van der Waals surface area contributed by atoms with E-state index in [0.717, 1.165) is 29.8 Å². The van der Waals surface area contributed by atoms with Crippen molar-refractivity contribution in [2.45, 2.75) is 18.9 Å². The number of nitrogens with zero attached hydrogens (tertiary/aromatic N) is 2. The molecule has 3 rings (SSSR count). The third kappa shape index (κ3) is 7.59. The molecule has 0 spiro atoms. The molecular formula is C21H20BClF3N3OS. The molecule has 0 unspecified atom stereocenters. The van der Waals surface area contributed by atoms with E-state index in [1.165, 1.54) is 17.4 Å². The van der Waals surface area contributed by atoms with Gasteiger partial charge < -0.3 is 10.2 Å². The fraction of sp³-hybridized carbons (Fsp3) is 0.238. The van der Waals surface area contributed by atoms with E-state index >= 15 is 0 Å². The highest BCUT2D eigenvalue weighted by molar-refractivity contribution is 7.14. The molecule has 0 saturated carbocycles. The summed E-state index contributed by atoms with van der Waals surface area (Å²) in [6, 6.07) is 12.5. The van der Waals surface area contributed by atoms with E-state index in [1.807, 2.05) is 17.5 Å². The zero-order valence-corrected chi connectivity index (χ0v) is 18.3. The summed E-state index contributed by atoms with van der Waals surface area (Å²) in [6.07, 6.45) is -2.19. The number of nitrogens with one attached hydrogen (secondary N) is 1. The van der Waals surface area contributed by atoms with Crippen LogP contribution >= 0.6 is 22.9 Å². The molecule has 162 valence electrons. The van der Waals surface area contributed by atoms with Crippen LogP contribution in [0.5, 0.6) is 0 Å². The van der Waals surface area contributed by atoms with Crippen LogP contribution in [0.3, 0.4) is 0 Å². The smallest absolute Gasteiger partial charge is 0.359 e. The Kier molecular flexibility index (Phi) is 9.39. The summed E-state index contributed by atoms with van der Waals surface area (Å²) in [5.74, 6) is 0. The summed E-state index contributed by atoms with van der Waals surface area (Å²) in [7, 11) is 6.80. The van der Waals surface area contributed by atoms with Gasteiger partial charge >= 0.3 is 6.18 Å². The monoisotopic (exact) mass is 465 g/mol. The number of benzene rings is 2. The fourth-order valence-electron chi connectivity index (χ4n) is 2.46. The third-order valence-electron chi connectivity index (χ3n) is 4.07. The molecule has 0 bridgehead atoms. The van der Waals surface area contributed by atoms with Crippen molar-refractivity contribution in [1.29, 1.82) is 0 Å². The lowest BCUT2D eigenvalue weighted by molar-refractivity contribution is -0.137. The van der Waals surface area contributed by atoms with E-state index < -0.39 is 11.7 Å². The second-order valence-electron chi connectivity index (χ2n) is 6.35. The molecule has 10 heteroatoms. The molecule has 3 aromatic rings. The maximum Gasteiger partial charge on any atom is 0.416 e. The number of aromatic nitrogens is 1. The molecule has 0 fully saturated rings. The number of hydrogen-bond acceptors (Lipinski definition) is 4. The summed E-state index contributed by atoms with van der Waals surface area (Å²) < 4.78 is 38.6. The van der Waals surface area contributed by atoms with Crippen LogP contribution in [0, 0.1) is 0 Å². The van der Waals surface area contributed by atoms with Gasteiger partial charge in [0.2, 0.25) is 6.41 Å². The molecule has 1 aromatic heterocycles. The van der Waals surface area contributed by atoms with Crippen LogP contribution in [0.25, 0.3) is 11.3 Å². The maximum atomic E-state index is 12.9. The van der Waals surface area contributed by atoms with Crippen molar-refractivity contribution in [3.63, 3.8) is 0 Å². The average Bonchev–Trinajstić information content (AvgIpc) is 3.24. The first-order chi connectivity index (χ1) is 14.8. The van der Waals surface area contributed by atoms with Crippen molar-refractivity contribution >= 4 is 48.0 Å². The highest BCUT2D eigenvalue weighted by Gasteiger charge is 2.30. The van der Waals surface area contributed by atoms with E-state index in [2.05, 4.69) is 10.3 Å². The molecular weight excluding hydrogens is 446 g/mol. The van der Waals surface area contributed by atoms with Crippen molar-refractivity contribution in [3.8, 4) is 11.3 Å². The van der Waals surface area contributed by atoms with Crippen LogP contribution in [-0.2, 0) is 11.0 Å². The molecule has 4 nitrogen and oxygen atoms in total. The fourth-order valence-corrected chi connectivity index (χ4v) is 3.47. The largest absolute Gasteiger partial charge is 0.416 e. The zero-order valence-electron chi connectivity index (χ0n) is 16.7. The number of hydrogen-bond donors (Lipinski definition) is 1. The highest BCUT2D eigenvalue weighted by atomic mass is 35.5. The Balaban J connectivity index is 0.000000423. The normalized spacial score (nSPS) is 10.7. The summed E-state index contributed by atoms with van der Waals surface area (Å²) in [5.41, 5.74) is 1.34. The van der Waals surface area contributed by atoms with E-state index in [4.69, 9.17) is 19.4 Å². The van der Waals surface area contributed by atoms with Gasteiger partial charge in [0.05, 0.1) is 19.1 Å². The van der Waals surface area contributed by atoms with E-state index in [-0.39, 0.29) is 0 Å². The Morgan fingerprint density at radius 1 is 1.23 bits per heavy atom. The first-order valence-corrected chi connectivity index (χ1v) is 10.5. The lowest BCUT2D eigenvalue weighted by atomic mass is 10.0. The van der Waals surface area contributed by atoms with Gasteiger partial charge in [-0.25, -0.2) is 4.98 Å². The summed E-state index contributed by atoms with van der Waals surface area (Å²) in [4.78, 5) is 15.7. The number of anilines is 2. The van der Waals surface area contributed by atoms with Gasteiger partial charge in [-0.2, -0.15) is 13.2 Å². The maximum absolute atomic E-state index is 12.9. The number of rotatable bonds is 7. The molecule has 1 heterocycles. The van der Waals surface area contributed by atoms with E-state index in [0.29, 0.717) is 35.1 Å². The van der Waals surface area contributed by atoms with Crippen molar-refractivity contribution < 1.29 is 18.0 Å². The van der Waals surface area contributed by atoms with Crippen molar-refractivity contribution in [2.75, 3.05) is 18.5 Å². The molecule has 2 radical (unpaired) electrons. The molecule has 0 atom stereocenters. The van der Waals surface area contributed by atoms with Gasteiger partial charge in [-0.1, -0.05) is 36.1 Å². The molecule has 1 amide bonds. The van der Waals surface area contributed by atoms with Gasteiger partial charge in [0.25, 0.3) is 0 Å². The molecule has 31 heavy (non-hydrogen) atoms. The standard InChI is InChI=1S/C17H12ClF3N2S.C4H8BNO/c1-23(14-7-3-5-12(9-14)17(19,20)21)16-22-15(10-24-16)11-4-2-6-13(18)8-11;5-2-1-3-6-4-7/h2-10H,1H3;4H,1-3H2,(H,6,7). The van der Waals surface area contributed by atoms with Gasteiger partial charge in [-0.15, -0.1) is 11.3 Å². The van der Waals surface area contributed by atoms with Crippen LogP contribution in [-0.4, -0.2) is 32.8 Å². The Bertz CT molecular complexity index is 984. The zero-order chi connectivity index (χ0) is 22.9. The lowest BCUT2D eigenvalue weighted by Gasteiger charge is -2.17. The Morgan fingerprint density at radius 2 is 1.97 bits per heavy atom. The Labute approximate surface area is 189 Å². The average molecular weight is 466 g/mol. The molecule has 0 aliphatic rings. The van der Waals surface area contributed by atoms with Crippen molar-refractivity contribution in [2.24, 2.45) is 0 Å². The van der Waals surface area contributed by atoms with Gasteiger partial charge in [-0.05, 0) is 36.8 Å². The summed E-state index contributed by atoms with van der Waals surface area (Å²) in [6.45, 7) is 0.694. The first-order valence-electron chi connectivity index (χ1n) is 9.25. The predicted molar refractivity (Wildman–Crippen MR) is 121 cm³/mol. The van der Waals surface area contributed by atoms with Gasteiger partial charge in [0.1, 0.15) is 0 Å². The van der Waals surface area contributed by atoms with Crippen LogP contribution in [0.1, 0.15) is 12.0 Å². The highest BCUT2D eigenvalue weighted by Crippen LogP contribution is 2.35. The lowest BCUT2D eigenvalue weighted by Crippen LogP contribution is -2.11. The number of carbonyl (C=O) groups is 1. The molecule has 1 N–H and O–H groups in total. The molecule has 2 aromatic carbocycles. The summed E-state index contributed by atoms with van der Waals surface area (Å²) in [5, 5.41) is 5.55. The summed E-state index contributed by atoms with van der Waals surface area (Å²) >= 11 is 7.34. The quantitative estimate of drug-likeness (QED) is 0.266. The third-order valence-corrected chi connectivity index (χ3v) is 5.22. The number of amides is 1. The van der Waals surface area contributed by atoms with Crippen molar-refractivity contribution in [1.82, 2.24) is 10.3 Å². The van der Waals surface area contributed by atoms with Crippen LogP contribution in [0.4, 0.5) is 24.0 Å². The second kappa shape index (κ2) is 11.8. The Morgan fingerprint density at radius 3 is 2.61 bits per heavy atom. The minimum Gasteiger partial charge on any atom is -0.359 e. The van der Waals surface area contributed by atoms with Gasteiger partial charge in [0, 0.05) is 35.2 Å². The predicted octanol–water partition coefficient (Wildman–Crippen LogP) is 5.96. The number of carbonyl (C=O) groups excluding carboxylic acids is 1. The van der Waals surface area contributed by atoms with Crippen LogP contribution in [0.2, 0.25) is 11.3 Å². The SMILES string of the molecule is CN(c1cccc(C(F)(F)F)c1)c1nc(-c2cccc(Cl)c2)cs1.[B]CCCNC=O. The number of thiazole rings is 1. The number of halogens is 4. The second-order valence-corrected chi connectivity index (χ2v) is 7.62. The number of alkyl halides is 3. The minimum absolute atomic E-state index is 0.428. The minimum atomic E-state index is -4.37. The van der Waals surface area contributed by atoms with E-state index in [9.17, 15) is 18.0 Å². The molecule has 0 aliphatic heterocycles. The van der Waals surface area contributed by atoms with Gasteiger partial charge in [-0.3, -0.25) is 4.79 Å². The topological polar surface area (TPSA) is 45.2 Å². The van der Waals surface area contributed by atoms with E-state index in [1.54, 1.807) is 30.1 Å². The first kappa shape index (κ1) is 24.8. The van der Waals surface area contributed by atoms with Crippen molar-refractivity contribution in [3.05, 3.63) is 64.5 Å². The van der Waals surface area contributed by atoms with Crippen LogP contribution in [0.15, 0.2) is 53.9 Å².